The lowest BCUT2D eigenvalue weighted by Gasteiger charge is -2.11. The van der Waals surface area contributed by atoms with Crippen molar-refractivity contribution in [3.8, 4) is 5.75 Å². The van der Waals surface area contributed by atoms with E-state index in [1.807, 2.05) is 12.1 Å². The predicted molar refractivity (Wildman–Crippen MR) is 121 cm³/mol. The maximum absolute atomic E-state index is 12.3. The molecule has 1 aliphatic rings. The third-order valence-corrected chi connectivity index (χ3v) is 5.29. The molecule has 168 valence electrons. The van der Waals surface area contributed by atoms with Gasteiger partial charge in [0.15, 0.2) is 12.4 Å². The summed E-state index contributed by atoms with van der Waals surface area (Å²) in [5.41, 5.74) is 4.86. The zero-order chi connectivity index (χ0) is 23.1. The van der Waals surface area contributed by atoms with Gasteiger partial charge < -0.3 is 10.1 Å². The molecule has 1 saturated carbocycles. The molecule has 3 rings (SSSR count). The summed E-state index contributed by atoms with van der Waals surface area (Å²) in [7, 11) is 0. The first-order valence-electron chi connectivity index (χ1n) is 10.5. The number of rotatable bonds is 8. The van der Waals surface area contributed by atoms with Gasteiger partial charge in [0.2, 0.25) is 5.91 Å². The van der Waals surface area contributed by atoms with Crippen LogP contribution < -0.4 is 15.5 Å². The van der Waals surface area contributed by atoms with Gasteiger partial charge in [-0.05, 0) is 56.0 Å². The molecule has 0 unspecified atom stereocenters. The smallest absolute Gasteiger partial charge is 0.311 e. The first-order valence-corrected chi connectivity index (χ1v) is 10.5. The minimum absolute atomic E-state index is 0.0159. The number of ether oxygens (including phenoxy) is 1. The summed E-state index contributed by atoms with van der Waals surface area (Å²) < 4.78 is 5.29. The van der Waals surface area contributed by atoms with Crippen molar-refractivity contribution in [1.29, 1.82) is 0 Å². The van der Waals surface area contributed by atoms with Crippen LogP contribution in [-0.4, -0.2) is 29.1 Å². The highest BCUT2D eigenvalue weighted by molar-refractivity contribution is 6.01. The molecule has 0 aromatic heterocycles. The fourth-order valence-corrected chi connectivity index (χ4v) is 3.53. The predicted octanol–water partition coefficient (Wildman–Crippen LogP) is 3.95. The van der Waals surface area contributed by atoms with Crippen LogP contribution in [0.1, 0.15) is 43.7 Å². The Hall–Kier alpha value is -3.75. The van der Waals surface area contributed by atoms with Crippen LogP contribution in [0.25, 0.3) is 0 Å². The maximum Gasteiger partial charge on any atom is 0.311 e. The van der Waals surface area contributed by atoms with Gasteiger partial charge in [-0.1, -0.05) is 31.0 Å². The number of hydrogen-bond acceptors (Lipinski definition) is 6. The highest BCUT2D eigenvalue weighted by Crippen LogP contribution is 2.28. The van der Waals surface area contributed by atoms with Gasteiger partial charge in [0.05, 0.1) is 10.6 Å². The molecule has 0 saturated heterocycles. The summed E-state index contributed by atoms with van der Waals surface area (Å²) >= 11 is 0. The van der Waals surface area contributed by atoms with Crippen molar-refractivity contribution in [3.05, 3.63) is 63.7 Å². The molecule has 1 aliphatic carbocycles. The second-order valence-electron chi connectivity index (χ2n) is 7.80. The molecule has 0 radical (unpaired) electrons. The van der Waals surface area contributed by atoms with Gasteiger partial charge in [-0.15, -0.1) is 0 Å². The van der Waals surface area contributed by atoms with Crippen molar-refractivity contribution in [2.45, 2.75) is 39.5 Å². The fraction of sp³-hybridized carbons (Fsp3) is 0.348. The zero-order valence-corrected chi connectivity index (χ0v) is 18.1. The number of anilines is 1. The lowest BCUT2D eigenvalue weighted by molar-refractivity contribution is -0.385. The average molecular weight is 438 g/mol. The van der Waals surface area contributed by atoms with Crippen LogP contribution in [-0.2, 0) is 9.59 Å². The molecule has 9 heteroatoms. The molecule has 0 spiro atoms. The highest BCUT2D eigenvalue weighted by atomic mass is 16.6. The Bertz CT molecular complexity index is 1040. The number of carbonyl (C=O) groups excluding carboxylic acids is 2. The van der Waals surface area contributed by atoms with Crippen LogP contribution in [0.4, 0.5) is 11.4 Å². The van der Waals surface area contributed by atoms with E-state index in [0.717, 1.165) is 36.8 Å². The van der Waals surface area contributed by atoms with E-state index in [9.17, 15) is 19.7 Å². The second kappa shape index (κ2) is 10.5. The van der Waals surface area contributed by atoms with Crippen LogP contribution >= 0.6 is 0 Å². The van der Waals surface area contributed by atoms with E-state index in [1.54, 1.807) is 32.0 Å². The second-order valence-corrected chi connectivity index (χ2v) is 7.80. The molecule has 32 heavy (non-hydrogen) atoms. The van der Waals surface area contributed by atoms with Crippen molar-refractivity contribution in [2.75, 3.05) is 11.9 Å². The number of nitrogens with zero attached hydrogens (tertiary/aromatic N) is 2. The molecular formula is C23H26N4O5. The Kier molecular flexibility index (Phi) is 7.54. The van der Waals surface area contributed by atoms with E-state index in [0.29, 0.717) is 11.4 Å². The average Bonchev–Trinajstić information content (AvgIpc) is 3.32. The molecule has 9 nitrogen and oxygen atoms in total. The molecule has 2 aromatic carbocycles. The molecule has 2 aromatic rings. The van der Waals surface area contributed by atoms with Gasteiger partial charge in [-0.3, -0.25) is 19.7 Å². The number of hydrazone groups is 1. The van der Waals surface area contributed by atoms with Gasteiger partial charge in [-0.2, -0.15) is 5.10 Å². The zero-order valence-electron chi connectivity index (χ0n) is 18.1. The molecule has 2 amide bonds. The molecule has 2 N–H and O–H groups in total. The van der Waals surface area contributed by atoms with E-state index in [-0.39, 0.29) is 23.3 Å². The lowest BCUT2D eigenvalue weighted by Crippen LogP contribution is -2.25. The van der Waals surface area contributed by atoms with Crippen LogP contribution in [0.5, 0.6) is 5.75 Å². The van der Waals surface area contributed by atoms with E-state index < -0.39 is 17.4 Å². The number of nitrogens with one attached hydrogen (secondary N) is 2. The quantitative estimate of drug-likeness (QED) is 0.367. The first kappa shape index (κ1) is 22.9. The Morgan fingerprint density at radius 1 is 1.19 bits per heavy atom. The van der Waals surface area contributed by atoms with E-state index in [2.05, 4.69) is 15.8 Å². The third-order valence-electron chi connectivity index (χ3n) is 5.29. The van der Waals surface area contributed by atoms with Crippen LogP contribution in [0, 0.1) is 23.0 Å². The Labute approximate surface area is 186 Å². The molecule has 0 bridgehead atoms. The van der Waals surface area contributed by atoms with Gasteiger partial charge in [0.1, 0.15) is 0 Å². The van der Waals surface area contributed by atoms with Gasteiger partial charge in [0, 0.05) is 17.7 Å². The summed E-state index contributed by atoms with van der Waals surface area (Å²) in [4.78, 5) is 35.0. The number of aryl methyl sites for hydroxylation is 1. The summed E-state index contributed by atoms with van der Waals surface area (Å²) in [6.07, 6.45) is 4.02. The molecule has 1 fully saturated rings. The minimum Gasteiger partial charge on any atom is -0.477 e. The van der Waals surface area contributed by atoms with Crippen LogP contribution in [0.3, 0.4) is 0 Å². The molecular weight excluding hydrogens is 412 g/mol. The summed E-state index contributed by atoms with van der Waals surface area (Å²) in [5, 5.41) is 18.1. The largest absolute Gasteiger partial charge is 0.477 e. The number of nitro groups is 1. The minimum atomic E-state index is -0.555. The highest BCUT2D eigenvalue weighted by Gasteiger charge is 2.22. The molecule has 0 atom stereocenters. The Balaban J connectivity index is 1.56. The fourth-order valence-electron chi connectivity index (χ4n) is 3.53. The van der Waals surface area contributed by atoms with E-state index >= 15 is 0 Å². The van der Waals surface area contributed by atoms with E-state index in [1.165, 1.54) is 12.1 Å². The van der Waals surface area contributed by atoms with Gasteiger partial charge >= 0.3 is 5.69 Å². The van der Waals surface area contributed by atoms with Crippen molar-refractivity contribution in [2.24, 2.45) is 11.0 Å². The normalized spacial score (nSPS) is 14.1. The van der Waals surface area contributed by atoms with E-state index in [4.69, 9.17) is 4.74 Å². The first-order chi connectivity index (χ1) is 15.3. The molecule has 0 heterocycles. The Morgan fingerprint density at radius 2 is 1.94 bits per heavy atom. The number of carbonyl (C=O) groups is 2. The topological polar surface area (TPSA) is 123 Å². The monoisotopic (exact) mass is 438 g/mol. The SMILES string of the molecule is CC(=NNC(=O)COc1ccc(C)cc1[N+](=O)[O-])c1cccc(NC(=O)C2CCCC2)c1. The van der Waals surface area contributed by atoms with Gasteiger partial charge in [0.25, 0.3) is 5.91 Å². The number of benzene rings is 2. The summed E-state index contributed by atoms with van der Waals surface area (Å²) in [6.45, 7) is 3.04. The third kappa shape index (κ3) is 6.13. The van der Waals surface area contributed by atoms with Crippen molar-refractivity contribution in [3.63, 3.8) is 0 Å². The standard InChI is InChI=1S/C23H26N4O5/c1-15-10-11-21(20(12-15)27(30)31)32-14-22(28)26-25-16(2)18-8-5-9-19(13-18)24-23(29)17-6-3-4-7-17/h5,8-13,17H,3-4,6-7,14H2,1-2H3,(H,24,29)(H,26,28). The maximum atomic E-state index is 12.3. The summed E-state index contributed by atoms with van der Waals surface area (Å²) in [5.74, 6) is -0.436. The Morgan fingerprint density at radius 3 is 2.66 bits per heavy atom. The lowest BCUT2D eigenvalue weighted by atomic mass is 10.1. The van der Waals surface area contributed by atoms with Crippen molar-refractivity contribution in [1.82, 2.24) is 5.43 Å². The summed E-state index contributed by atoms with van der Waals surface area (Å²) in [6, 6.07) is 11.7. The van der Waals surface area contributed by atoms with Crippen molar-refractivity contribution < 1.29 is 19.2 Å². The number of nitro benzene ring substituents is 1. The van der Waals surface area contributed by atoms with Crippen molar-refractivity contribution >= 4 is 28.9 Å². The number of amides is 2. The molecule has 0 aliphatic heterocycles. The van der Waals surface area contributed by atoms with Gasteiger partial charge in [-0.25, -0.2) is 5.43 Å². The van der Waals surface area contributed by atoms with Crippen LogP contribution in [0.2, 0.25) is 0 Å². The van der Waals surface area contributed by atoms with Crippen LogP contribution in [0.15, 0.2) is 47.6 Å². The number of hydrogen-bond donors (Lipinski definition) is 2.